The van der Waals surface area contributed by atoms with E-state index in [1.807, 2.05) is 31.2 Å². The van der Waals surface area contributed by atoms with E-state index in [1.54, 1.807) is 0 Å². The van der Waals surface area contributed by atoms with Crippen LogP contribution in [0.4, 0.5) is 0 Å². The summed E-state index contributed by atoms with van der Waals surface area (Å²) in [6.45, 7) is 1.83. The van der Waals surface area contributed by atoms with Gasteiger partial charge in [0, 0.05) is 10.4 Å². The van der Waals surface area contributed by atoms with Gasteiger partial charge in [-0.15, -0.1) is 0 Å². The number of carbonyl (C=O) groups excluding carboxylic acids is 1. The van der Waals surface area contributed by atoms with Crippen LogP contribution in [0.2, 0.25) is 0 Å². The molecule has 0 spiro atoms. The molecule has 0 saturated carbocycles. The monoisotopic (exact) mass is 260 g/mol. The zero-order chi connectivity index (χ0) is 9.84. The standard InChI is InChI=1S/C10H10BrClO/c1-7(10(12)13)6-8-2-4-9(11)5-3-8/h2-5,7H,6H2,1H3. The Bertz CT molecular complexity index is 294. The first-order chi connectivity index (χ1) is 6.09. The van der Waals surface area contributed by atoms with E-state index in [2.05, 4.69) is 15.9 Å². The Morgan fingerprint density at radius 1 is 1.46 bits per heavy atom. The number of hydrogen-bond donors (Lipinski definition) is 0. The third-order valence-electron chi connectivity index (χ3n) is 1.84. The lowest BCUT2D eigenvalue weighted by atomic mass is 10.0. The van der Waals surface area contributed by atoms with Gasteiger partial charge in [0.1, 0.15) is 0 Å². The maximum Gasteiger partial charge on any atom is 0.224 e. The number of halogens is 2. The van der Waals surface area contributed by atoms with Gasteiger partial charge >= 0.3 is 0 Å². The Morgan fingerprint density at radius 2 is 2.00 bits per heavy atom. The van der Waals surface area contributed by atoms with Crippen molar-refractivity contribution in [2.24, 2.45) is 5.92 Å². The molecule has 0 aliphatic carbocycles. The quantitative estimate of drug-likeness (QED) is 0.762. The molecule has 13 heavy (non-hydrogen) atoms. The second-order valence-corrected chi connectivity index (χ2v) is 4.32. The molecule has 0 aromatic heterocycles. The average molecular weight is 262 g/mol. The van der Waals surface area contributed by atoms with Crippen LogP contribution in [0.15, 0.2) is 28.7 Å². The minimum Gasteiger partial charge on any atom is -0.281 e. The Kier molecular flexibility index (Phi) is 3.94. The van der Waals surface area contributed by atoms with Crippen molar-refractivity contribution >= 4 is 32.8 Å². The first-order valence-corrected chi connectivity index (χ1v) is 5.20. The fourth-order valence-electron chi connectivity index (χ4n) is 1.05. The van der Waals surface area contributed by atoms with E-state index in [4.69, 9.17) is 11.6 Å². The van der Waals surface area contributed by atoms with Crippen molar-refractivity contribution in [3.63, 3.8) is 0 Å². The van der Waals surface area contributed by atoms with E-state index in [9.17, 15) is 4.79 Å². The van der Waals surface area contributed by atoms with Crippen LogP contribution in [0.1, 0.15) is 12.5 Å². The maximum absolute atomic E-state index is 10.8. The van der Waals surface area contributed by atoms with Gasteiger partial charge < -0.3 is 0 Å². The van der Waals surface area contributed by atoms with Gasteiger partial charge in [0.15, 0.2) is 0 Å². The number of rotatable bonds is 3. The second kappa shape index (κ2) is 4.77. The fourth-order valence-corrected chi connectivity index (χ4v) is 1.40. The summed E-state index contributed by atoms with van der Waals surface area (Å²) in [5, 5.41) is -0.275. The van der Waals surface area contributed by atoms with Crippen LogP contribution in [-0.2, 0) is 11.2 Å². The molecule has 0 N–H and O–H groups in total. The average Bonchev–Trinajstić information content (AvgIpc) is 2.08. The van der Waals surface area contributed by atoms with Crippen molar-refractivity contribution < 1.29 is 4.79 Å². The third kappa shape index (κ3) is 3.49. The molecule has 0 amide bonds. The molecule has 0 bridgehead atoms. The molecule has 1 unspecified atom stereocenters. The Labute approximate surface area is 91.2 Å². The zero-order valence-corrected chi connectivity index (χ0v) is 9.60. The van der Waals surface area contributed by atoms with Gasteiger partial charge in [-0.25, -0.2) is 0 Å². The normalized spacial score (nSPS) is 12.5. The van der Waals surface area contributed by atoms with Crippen LogP contribution in [0.3, 0.4) is 0 Å². The molecule has 1 rings (SSSR count). The van der Waals surface area contributed by atoms with Crippen molar-refractivity contribution in [1.29, 1.82) is 0 Å². The van der Waals surface area contributed by atoms with Crippen LogP contribution in [0.5, 0.6) is 0 Å². The van der Waals surface area contributed by atoms with Crippen molar-refractivity contribution in [2.75, 3.05) is 0 Å². The Hall–Kier alpha value is -0.340. The highest BCUT2D eigenvalue weighted by Gasteiger charge is 2.09. The van der Waals surface area contributed by atoms with Crippen LogP contribution in [0.25, 0.3) is 0 Å². The van der Waals surface area contributed by atoms with Gasteiger partial charge in [-0.3, -0.25) is 4.79 Å². The molecule has 3 heteroatoms. The summed E-state index contributed by atoms with van der Waals surface area (Å²) in [7, 11) is 0. The van der Waals surface area contributed by atoms with E-state index in [-0.39, 0.29) is 11.2 Å². The molecule has 1 aromatic rings. The molecule has 0 saturated heterocycles. The van der Waals surface area contributed by atoms with E-state index in [0.29, 0.717) is 6.42 Å². The first-order valence-electron chi connectivity index (χ1n) is 4.03. The highest BCUT2D eigenvalue weighted by Crippen LogP contribution is 2.14. The van der Waals surface area contributed by atoms with Crippen molar-refractivity contribution in [1.82, 2.24) is 0 Å². The summed E-state index contributed by atoms with van der Waals surface area (Å²) in [6, 6.07) is 7.89. The molecular formula is C10H10BrClO. The molecular weight excluding hydrogens is 251 g/mol. The lowest BCUT2D eigenvalue weighted by molar-refractivity contribution is -0.114. The first kappa shape index (κ1) is 10.7. The molecule has 0 heterocycles. The topological polar surface area (TPSA) is 17.1 Å². The SMILES string of the molecule is CC(Cc1ccc(Br)cc1)C(=O)Cl. The van der Waals surface area contributed by atoms with Crippen molar-refractivity contribution in [3.8, 4) is 0 Å². The highest BCUT2D eigenvalue weighted by atomic mass is 79.9. The lowest BCUT2D eigenvalue weighted by Crippen LogP contribution is -2.06. The van der Waals surface area contributed by atoms with Crippen LogP contribution in [0, 0.1) is 5.92 Å². The van der Waals surface area contributed by atoms with Gasteiger partial charge in [-0.05, 0) is 35.7 Å². The summed E-state index contributed by atoms with van der Waals surface area (Å²) in [5.74, 6) is -0.108. The molecule has 0 fully saturated rings. The summed E-state index contributed by atoms with van der Waals surface area (Å²) in [4.78, 5) is 10.8. The van der Waals surface area contributed by atoms with E-state index >= 15 is 0 Å². The third-order valence-corrected chi connectivity index (χ3v) is 2.74. The zero-order valence-electron chi connectivity index (χ0n) is 7.26. The highest BCUT2D eigenvalue weighted by molar-refractivity contribution is 9.10. The Balaban J connectivity index is 2.64. The maximum atomic E-state index is 10.8. The van der Waals surface area contributed by atoms with Crippen LogP contribution >= 0.6 is 27.5 Å². The van der Waals surface area contributed by atoms with E-state index in [1.165, 1.54) is 0 Å². The molecule has 70 valence electrons. The van der Waals surface area contributed by atoms with E-state index < -0.39 is 0 Å². The van der Waals surface area contributed by atoms with Gasteiger partial charge in [0.25, 0.3) is 0 Å². The molecule has 0 aliphatic rings. The fraction of sp³-hybridized carbons (Fsp3) is 0.300. The molecule has 1 nitrogen and oxygen atoms in total. The largest absolute Gasteiger partial charge is 0.281 e. The lowest BCUT2D eigenvalue weighted by Gasteiger charge is -2.05. The molecule has 1 atom stereocenters. The minimum absolute atomic E-state index is 0.108. The Morgan fingerprint density at radius 3 is 2.46 bits per heavy atom. The summed E-state index contributed by atoms with van der Waals surface area (Å²) in [6.07, 6.45) is 0.704. The predicted molar refractivity (Wildman–Crippen MR) is 57.9 cm³/mol. The van der Waals surface area contributed by atoms with Crippen LogP contribution < -0.4 is 0 Å². The van der Waals surface area contributed by atoms with Gasteiger partial charge in [0.05, 0.1) is 0 Å². The number of carbonyl (C=O) groups is 1. The summed E-state index contributed by atoms with van der Waals surface area (Å²) in [5.41, 5.74) is 1.13. The number of hydrogen-bond acceptors (Lipinski definition) is 1. The summed E-state index contributed by atoms with van der Waals surface area (Å²) < 4.78 is 1.04. The van der Waals surface area contributed by atoms with E-state index in [0.717, 1.165) is 10.0 Å². The molecule has 0 aliphatic heterocycles. The van der Waals surface area contributed by atoms with Gasteiger partial charge in [0.2, 0.25) is 5.24 Å². The second-order valence-electron chi connectivity index (χ2n) is 3.04. The molecule has 1 aromatic carbocycles. The number of benzene rings is 1. The van der Waals surface area contributed by atoms with Gasteiger partial charge in [-0.2, -0.15) is 0 Å². The van der Waals surface area contributed by atoms with Crippen molar-refractivity contribution in [2.45, 2.75) is 13.3 Å². The predicted octanol–water partition coefficient (Wildman–Crippen LogP) is 3.39. The van der Waals surface area contributed by atoms with Gasteiger partial charge in [-0.1, -0.05) is 35.0 Å². The molecule has 0 radical (unpaired) electrons. The van der Waals surface area contributed by atoms with Crippen molar-refractivity contribution in [3.05, 3.63) is 34.3 Å². The minimum atomic E-state index is -0.275. The smallest absolute Gasteiger partial charge is 0.224 e. The summed E-state index contributed by atoms with van der Waals surface area (Å²) >= 11 is 8.71. The van der Waals surface area contributed by atoms with Crippen LogP contribution in [-0.4, -0.2) is 5.24 Å².